The van der Waals surface area contributed by atoms with Crippen LogP contribution >= 0.6 is 0 Å². The predicted octanol–water partition coefficient (Wildman–Crippen LogP) is 3.74. The molecule has 2 rings (SSSR count). The van der Waals surface area contributed by atoms with Gasteiger partial charge in [0.1, 0.15) is 22.9 Å². The lowest BCUT2D eigenvalue weighted by Crippen LogP contribution is -1.98. The summed E-state index contributed by atoms with van der Waals surface area (Å²) in [6.07, 6.45) is 1.37. The summed E-state index contributed by atoms with van der Waals surface area (Å²) in [6, 6.07) is 7.25. The van der Waals surface area contributed by atoms with E-state index < -0.39 is 5.97 Å². The van der Waals surface area contributed by atoms with Crippen LogP contribution in [0.15, 0.2) is 34.7 Å². The molecule has 0 spiro atoms. The zero-order chi connectivity index (χ0) is 13.1. The van der Waals surface area contributed by atoms with Crippen LogP contribution < -0.4 is 0 Å². The van der Waals surface area contributed by atoms with E-state index in [0.717, 1.165) is 6.42 Å². The summed E-state index contributed by atoms with van der Waals surface area (Å²) in [4.78, 5) is 11.1. The maximum Gasteiger partial charge on any atom is 0.339 e. The van der Waals surface area contributed by atoms with Crippen molar-refractivity contribution in [3.05, 3.63) is 47.5 Å². The zero-order valence-electron chi connectivity index (χ0n) is 9.94. The fraction of sp³-hybridized carbons (Fsp3) is 0.214. The number of aromatic carboxylic acids is 1. The van der Waals surface area contributed by atoms with Crippen molar-refractivity contribution in [2.45, 2.75) is 19.8 Å². The lowest BCUT2D eigenvalue weighted by atomic mass is 10.1. The first-order valence-electron chi connectivity index (χ1n) is 5.73. The molecule has 1 aromatic carbocycles. The number of benzene rings is 1. The van der Waals surface area contributed by atoms with Gasteiger partial charge in [0.15, 0.2) is 0 Å². The molecule has 4 heteroatoms. The summed E-state index contributed by atoms with van der Waals surface area (Å²) >= 11 is 0. The molecule has 0 atom stereocenters. The molecule has 3 nitrogen and oxygen atoms in total. The molecular formula is C14H13FO3. The summed E-state index contributed by atoms with van der Waals surface area (Å²) in [7, 11) is 0. The van der Waals surface area contributed by atoms with Crippen LogP contribution in [0, 0.1) is 5.82 Å². The summed E-state index contributed by atoms with van der Waals surface area (Å²) < 4.78 is 18.4. The Labute approximate surface area is 104 Å². The highest BCUT2D eigenvalue weighted by molar-refractivity contribution is 5.90. The number of furan rings is 1. The van der Waals surface area contributed by atoms with Crippen LogP contribution in [-0.2, 0) is 6.42 Å². The van der Waals surface area contributed by atoms with Crippen LogP contribution in [0.5, 0.6) is 0 Å². The van der Waals surface area contributed by atoms with Crippen molar-refractivity contribution >= 4 is 5.97 Å². The van der Waals surface area contributed by atoms with Gasteiger partial charge in [0, 0.05) is 12.0 Å². The first kappa shape index (κ1) is 12.4. The van der Waals surface area contributed by atoms with Gasteiger partial charge in [0.05, 0.1) is 0 Å². The molecule has 0 amide bonds. The van der Waals surface area contributed by atoms with E-state index in [1.807, 2.05) is 6.92 Å². The lowest BCUT2D eigenvalue weighted by Gasteiger charge is -1.97. The van der Waals surface area contributed by atoms with Gasteiger partial charge in [-0.1, -0.05) is 6.92 Å². The van der Waals surface area contributed by atoms with Gasteiger partial charge < -0.3 is 9.52 Å². The fourth-order valence-corrected chi connectivity index (χ4v) is 1.78. The molecule has 0 unspecified atom stereocenters. The Kier molecular flexibility index (Phi) is 3.46. The van der Waals surface area contributed by atoms with E-state index in [1.54, 1.807) is 12.1 Å². The highest BCUT2D eigenvalue weighted by atomic mass is 19.1. The second kappa shape index (κ2) is 5.04. The molecule has 0 fully saturated rings. The molecule has 0 radical (unpaired) electrons. The molecule has 1 N–H and O–H groups in total. The number of hydrogen-bond donors (Lipinski definition) is 1. The molecule has 0 bridgehead atoms. The van der Waals surface area contributed by atoms with Crippen molar-refractivity contribution in [3.8, 4) is 11.3 Å². The molecule has 0 aliphatic carbocycles. The SMILES string of the molecule is CCCc1oc(-c2ccc(F)cc2)cc1C(=O)O. The lowest BCUT2D eigenvalue weighted by molar-refractivity contribution is 0.0694. The van der Waals surface area contributed by atoms with Gasteiger partial charge in [-0.25, -0.2) is 9.18 Å². The maximum atomic E-state index is 12.8. The van der Waals surface area contributed by atoms with E-state index in [2.05, 4.69) is 0 Å². The van der Waals surface area contributed by atoms with E-state index >= 15 is 0 Å². The van der Waals surface area contributed by atoms with Crippen molar-refractivity contribution in [1.82, 2.24) is 0 Å². The third-order valence-electron chi connectivity index (χ3n) is 2.65. The highest BCUT2D eigenvalue weighted by Crippen LogP contribution is 2.26. The van der Waals surface area contributed by atoms with Crippen LogP contribution in [0.2, 0.25) is 0 Å². The summed E-state index contributed by atoms with van der Waals surface area (Å²) in [5, 5.41) is 9.08. The second-order valence-electron chi connectivity index (χ2n) is 4.01. The predicted molar refractivity (Wildman–Crippen MR) is 65.1 cm³/mol. The van der Waals surface area contributed by atoms with Gasteiger partial charge in [-0.3, -0.25) is 0 Å². The van der Waals surface area contributed by atoms with Crippen molar-refractivity contribution in [2.24, 2.45) is 0 Å². The van der Waals surface area contributed by atoms with Gasteiger partial charge >= 0.3 is 5.97 Å². The first-order chi connectivity index (χ1) is 8.61. The molecular weight excluding hydrogens is 235 g/mol. The quantitative estimate of drug-likeness (QED) is 0.896. The number of rotatable bonds is 4. The van der Waals surface area contributed by atoms with Gasteiger partial charge in [-0.2, -0.15) is 0 Å². The van der Waals surface area contributed by atoms with E-state index in [9.17, 15) is 9.18 Å². The van der Waals surface area contributed by atoms with E-state index in [1.165, 1.54) is 18.2 Å². The summed E-state index contributed by atoms with van der Waals surface area (Å²) in [6.45, 7) is 1.95. The molecule has 18 heavy (non-hydrogen) atoms. The Balaban J connectivity index is 2.42. The largest absolute Gasteiger partial charge is 0.478 e. The molecule has 1 heterocycles. The molecule has 94 valence electrons. The van der Waals surface area contributed by atoms with Crippen LogP contribution in [0.4, 0.5) is 4.39 Å². The standard InChI is InChI=1S/C14H13FO3/c1-2-3-12-11(14(16)17)8-13(18-12)9-4-6-10(15)7-5-9/h4-8H,2-3H2,1H3,(H,16,17). The zero-order valence-corrected chi connectivity index (χ0v) is 9.94. The third-order valence-corrected chi connectivity index (χ3v) is 2.65. The minimum Gasteiger partial charge on any atom is -0.478 e. The number of carbonyl (C=O) groups is 1. The van der Waals surface area contributed by atoms with E-state index in [0.29, 0.717) is 23.5 Å². The smallest absolute Gasteiger partial charge is 0.339 e. The number of halogens is 1. The third kappa shape index (κ3) is 2.42. The topological polar surface area (TPSA) is 50.4 Å². The maximum absolute atomic E-state index is 12.8. The average molecular weight is 248 g/mol. The minimum absolute atomic E-state index is 0.177. The second-order valence-corrected chi connectivity index (χ2v) is 4.01. The monoisotopic (exact) mass is 248 g/mol. The molecule has 0 aliphatic heterocycles. The van der Waals surface area contributed by atoms with Crippen molar-refractivity contribution in [3.63, 3.8) is 0 Å². The fourth-order valence-electron chi connectivity index (χ4n) is 1.78. The summed E-state index contributed by atoms with van der Waals surface area (Å²) in [5.74, 6) is -0.423. The Morgan fingerprint density at radius 3 is 2.56 bits per heavy atom. The van der Waals surface area contributed by atoms with Crippen molar-refractivity contribution < 1.29 is 18.7 Å². The number of hydrogen-bond acceptors (Lipinski definition) is 2. The number of carboxylic acids is 1. The Morgan fingerprint density at radius 2 is 2.00 bits per heavy atom. The number of carboxylic acid groups (broad SMARTS) is 1. The Morgan fingerprint density at radius 1 is 1.33 bits per heavy atom. The Bertz CT molecular complexity index is 555. The summed E-state index contributed by atoms with van der Waals surface area (Å²) in [5.41, 5.74) is 0.845. The normalized spacial score (nSPS) is 10.6. The molecule has 1 aromatic heterocycles. The Hall–Kier alpha value is -2.10. The van der Waals surface area contributed by atoms with Gasteiger partial charge in [-0.05, 0) is 36.8 Å². The van der Waals surface area contributed by atoms with Crippen LogP contribution in [0.3, 0.4) is 0 Å². The van der Waals surface area contributed by atoms with Gasteiger partial charge in [0.2, 0.25) is 0 Å². The molecule has 0 saturated heterocycles. The average Bonchev–Trinajstić information content (AvgIpc) is 2.75. The van der Waals surface area contributed by atoms with Crippen LogP contribution in [0.25, 0.3) is 11.3 Å². The number of aryl methyl sites for hydroxylation is 1. The van der Waals surface area contributed by atoms with Crippen LogP contribution in [0.1, 0.15) is 29.5 Å². The minimum atomic E-state index is -1.00. The van der Waals surface area contributed by atoms with Gasteiger partial charge in [-0.15, -0.1) is 0 Å². The van der Waals surface area contributed by atoms with Crippen LogP contribution in [-0.4, -0.2) is 11.1 Å². The molecule has 0 aliphatic rings. The molecule has 2 aromatic rings. The van der Waals surface area contributed by atoms with Crippen molar-refractivity contribution in [1.29, 1.82) is 0 Å². The van der Waals surface area contributed by atoms with E-state index in [-0.39, 0.29) is 11.4 Å². The van der Waals surface area contributed by atoms with E-state index in [4.69, 9.17) is 9.52 Å². The molecule has 0 saturated carbocycles. The first-order valence-corrected chi connectivity index (χ1v) is 5.73. The van der Waals surface area contributed by atoms with Crippen molar-refractivity contribution in [2.75, 3.05) is 0 Å². The van der Waals surface area contributed by atoms with Gasteiger partial charge in [0.25, 0.3) is 0 Å². The highest BCUT2D eigenvalue weighted by Gasteiger charge is 2.17.